The molecule has 0 bridgehead atoms. The minimum Gasteiger partial charge on any atom is -0.366 e. The van der Waals surface area contributed by atoms with E-state index in [1.807, 2.05) is 4.90 Å². The second-order valence-corrected chi connectivity index (χ2v) is 6.15. The van der Waals surface area contributed by atoms with Gasteiger partial charge in [0, 0.05) is 30.8 Å². The third-order valence-corrected chi connectivity index (χ3v) is 4.56. The monoisotopic (exact) mass is 318 g/mol. The van der Waals surface area contributed by atoms with Gasteiger partial charge in [-0.3, -0.25) is 14.9 Å². The first-order valence-corrected chi connectivity index (χ1v) is 8.20. The molecule has 2 saturated heterocycles. The van der Waals surface area contributed by atoms with E-state index in [1.54, 1.807) is 12.1 Å². The summed E-state index contributed by atoms with van der Waals surface area (Å²) in [7, 11) is 0. The van der Waals surface area contributed by atoms with Crippen molar-refractivity contribution in [2.24, 2.45) is 0 Å². The van der Waals surface area contributed by atoms with Gasteiger partial charge in [0.2, 0.25) is 0 Å². The second-order valence-electron chi connectivity index (χ2n) is 6.15. The number of nitro benzene ring substituents is 1. The van der Waals surface area contributed by atoms with Gasteiger partial charge in [-0.15, -0.1) is 0 Å². The summed E-state index contributed by atoms with van der Waals surface area (Å²) in [5.74, 6) is -0.229. The number of rotatable bonds is 4. The molecule has 0 aliphatic carbocycles. The molecule has 0 atom stereocenters. The van der Waals surface area contributed by atoms with Crippen LogP contribution >= 0.6 is 0 Å². The number of piperidine rings is 1. The smallest absolute Gasteiger partial charge is 0.293 e. The van der Waals surface area contributed by atoms with Gasteiger partial charge in [-0.1, -0.05) is 0 Å². The lowest BCUT2D eigenvalue weighted by Gasteiger charge is -2.24. The Morgan fingerprint density at radius 1 is 1.26 bits per heavy atom. The Labute approximate surface area is 135 Å². The Balaban J connectivity index is 1.78. The number of benzene rings is 1. The number of anilines is 1. The van der Waals surface area contributed by atoms with E-state index in [2.05, 4.69) is 10.6 Å². The molecule has 2 aliphatic heterocycles. The molecule has 2 fully saturated rings. The van der Waals surface area contributed by atoms with Gasteiger partial charge in [-0.2, -0.15) is 0 Å². The lowest BCUT2D eigenvalue weighted by atomic mass is 10.1. The Morgan fingerprint density at radius 3 is 2.61 bits per heavy atom. The molecule has 0 unspecified atom stereocenters. The second kappa shape index (κ2) is 6.95. The zero-order chi connectivity index (χ0) is 16.2. The van der Waals surface area contributed by atoms with Crippen LogP contribution in [0.3, 0.4) is 0 Å². The molecular weight excluding hydrogens is 296 g/mol. The number of nitrogens with zero attached hydrogens (tertiary/aromatic N) is 2. The SMILES string of the molecule is O=C(NC1CCNCC1)c1ccc(N2CCCC2)c([N+](=O)[O-])c1. The largest absolute Gasteiger partial charge is 0.366 e. The lowest BCUT2D eigenvalue weighted by Crippen LogP contribution is -2.42. The van der Waals surface area contributed by atoms with Gasteiger partial charge in [-0.05, 0) is 50.9 Å². The van der Waals surface area contributed by atoms with Gasteiger partial charge in [0.05, 0.1) is 4.92 Å². The first kappa shape index (κ1) is 15.7. The molecule has 0 saturated carbocycles. The van der Waals surface area contributed by atoms with Crippen molar-refractivity contribution in [2.75, 3.05) is 31.1 Å². The average molecular weight is 318 g/mol. The number of amides is 1. The third kappa shape index (κ3) is 3.61. The number of carbonyl (C=O) groups is 1. The molecular formula is C16H22N4O3. The van der Waals surface area contributed by atoms with Gasteiger partial charge in [0.1, 0.15) is 5.69 Å². The third-order valence-electron chi connectivity index (χ3n) is 4.56. The topological polar surface area (TPSA) is 87.5 Å². The number of carbonyl (C=O) groups excluding carboxylic acids is 1. The summed E-state index contributed by atoms with van der Waals surface area (Å²) in [6, 6.07) is 4.95. The number of hydrogen-bond donors (Lipinski definition) is 2. The van der Waals surface area contributed by atoms with Gasteiger partial charge in [0.25, 0.3) is 11.6 Å². The highest BCUT2D eigenvalue weighted by atomic mass is 16.6. The van der Waals surface area contributed by atoms with E-state index in [-0.39, 0.29) is 17.6 Å². The predicted octanol–water partition coefficient (Wildman–Crippen LogP) is 1.68. The maximum atomic E-state index is 12.4. The summed E-state index contributed by atoms with van der Waals surface area (Å²) >= 11 is 0. The highest BCUT2D eigenvalue weighted by Gasteiger charge is 2.24. The summed E-state index contributed by atoms with van der Waals surface area (Å²) in [5, 5.41) is 17.6. The molecule has 0 spiro atoms. The van der Waals surface area contributed by atoms with Gasteiger partial charge in [0.15, 0.2) is 0 Å². The van der Waals surface area contributed by atoms with Crippen molar-refractivity contribution in [3.05, 3.63) is 33.9 Å². The Bertz CT molecular complexity index is 593. The fraction of sp³-hybridized carbons (Fsp3) is 0.562. The fourth-order valence-corrected chi connectivity index (χ4v) is 3.27. The Kier molecular flexibility index (Phi) is 4.76. The van der Waals surface area contributed by atoms with Crippen LogP contribution in [-0.2, 0) is 0 Å². The molecule has 7 heteroatoms. The lowest BCUT2D eigenvalue weighted by molar-refractivity contribution is -0.384. The molecule has 0 radical (unpaired) electrons. The highest BCUT2D eigenvalue weighted by Crippen LogP contribution is 2.31. The summed E-state index contributed by atoms with van der Waals surface area (Å²) in [4.78, 5) is 25.4. The van der Waals surface area contributed by atoms with E-state index in [4.69, 9.17) is 0 Å². The van der Waals surface area contributed by atoms with Crippen molar-refractivity contribution in [3.8, 4) is 0 Å². The zero-order valence-corrected chi connectivity index (χ0v) is 13.1. The van der Waals surface area contributed by atoms with Crippen molar-refractivity contribution >= 4 is 17.3 Å². The van der Waals surface area contributed by atoms with Crippen LogP contribution in [0.25, 0.3) is 0 Å². The van der Waals surface area contributed by atoms with Gasteiger partial charge in [-0.25, -0.2) is 0 Å². The number of nitrogens with one attached hydrogen (secondary N) is 2. The van der Waals surface area contributed by atoms with Crippen LogP contribution in [-0.4, -0.2) is 43.1 Å². The van der Waals surface area contributed by atoms with Crippen LogP contribution in [0, 0.1) is 10.1 Å². The Morgan fingerprint density at radius 2 is 1.96 bits per heavy atom. The molecule has 1 aromatic carbocycles. The first-order valence-electron chi connectivity index (χ1n) is 8.20. The van der Waals surface area contributed by atoms with E-state index in [0.29, 0.717) is 11.3 Å². The molecule has 2 heterocycles. The number of nitro groups is 1. The van der Waals surface area contributed by atoms with Crippen LogP contribution in [0.5, 0.6) is 0 Å². The van der Waals surface area contributed by atoms with Crippen LogP contribution < -0.4 is 15.5 Å². The van der Waals surface area contributed by atoms with E-state index in [9.17, 15) is 14.9 Å². The summed E-state index contributed by atoms with van der Waals surface area (Å²) < 4.78 is 0. The fourth-order valence-electron chi connectivity index (χ4n) is 3.27. The van der Waals surface area contributed by atoms with Crippen LogP contribution in [0.2, 0.25) is 0 Å². The summed E-state index contributed by atoms with van der Waals surface area (Å²) in [6.45, 7) is 3.45. The van der Waals surface area contributed by atoms with Crippen molar-refractivity contribution < 1.29 is 9.72 Å². The minimum absolute atomic E-state index is 0.0184. The molecule has 23 heavy (non-hydrogen) atoms. The molecule has 3 rings (SSSR count). The van der Waals surface area contributed by atoms with Crippen LogP contribution in [0.4, 0.5) is 11.4 Å². The predicted molar refractivity (Wildman–Crippen MR) is 87.9 cm³/mol. The molecule has 124 valence electrons. The van der Waals surface area contributed by atoms with Gasteiger partial charge < -0.3 is 15.5 Å². The van der Waals surface area contributed by atoms with E-state index in [0.717, 1.165) is 51.9 Å². The van der Waals surface area contributed by atoms with Crippen molar-refractivity contribution in [2.45, 2.75) is 31.7 Å². The zero-order valence-electron chi connectivity index (χ0n) is 13.1. The van der Waals surface area contributed by atoms with Crippen LogP contribution in [0.15, 0.2) is 18.2 Å². The molecule has 1 amide bonds. The van der Waals surface area contributed by atoms with E-state index < -0.39 is 4.92 Å². The molecule has 1 aromatic rings. The summed E-state index contributed by atoms with van der Waals surface area (Å²) in [5.41, 5.74) is 0.994. The average Bonchev–Trinajstić information content (AvgIpc) is 3.09. The first-order chi connectivity index (χ1) is 11.1. The van der Waals surface area contributed by atoms with Crippen molar-refractivity contribution in [1.82, 2.24) is 10.6 Å². The van der Waals surface area contributed by atoms with Gasteiger partial charge >= 0.3 is 0 Å². The minimum atomic E-state index is -0.394. The van der Waals surface area contributed by atoms with E-state index >= 15 is 0 Å². The summed E-state index contributed by atoms with van der Waals surface area (Å²) in [6.07, 6.45) is 3.88. The highest BCUT2D eigenvalue weighted by molar-refractivity contribution is 5.96. The molecule has 2 aliphatic rings. The molecule has 0 aromatic heterocycles. The maximum Gasteiger partial charge on any atom is 0.293 e. The van der Waals surface area contributed by atoms with Crippen molar-refractivity contribution in [1.29, 1.82) is 0 Å². The normalized spacial score (nSPS) is 18.9. The number of hydrogen-bond acceptors (Lipinski definition) is 5. The molecule has 2 N–H and O–H groups in total. The van der Waals surface area contributed by atoms with Crippen molar-refractivity contribution in [3.63, 3.8) is 0 Å². The van der Waals surface area contributed by atoms with Crippen LogP contribution in [0.1, 0.15) is 36.0 Å². The Hall–Kier alpha value is -2.15. The van der Waals surface area contributed by atoms with E-state index in [1.165, 1.54) is 6.07 Å². The maximum absolute atomic E-state index is 12.4. The standard InChI is InChI=1S/C16H22N4O3/c21-16(18-13-5-7-17-8-6-13)12-3-4-14(15(11-12)20(22)23)19-9-1-2-10-19/h3-4,11,13,17H,1-2,5-10H2,(H,18,21). The quantitative estimate of drug-likeness (QED) is 0.651. The molecule has 7 nitrogen and oxygen atoms in total.